The molecule has 0 saturated heterocycles. The molecule has 1 heterocycles. The van der Waals surface area contributed by atoms with Gasteiger partial charge in [-0.3, -0.25) is 0 Å². The van der Waals surface area contributed by atoms with Gasteiger partial charge in [-0.05, 0) is 48.9 Å². The fraction of sp³-hybridized carbons (Fsp3) is 0.316. The SMILES string of the molecule is CC1=NO[C@]2(CCCc3ccc(-c4ccccc4)cc32)C1. The second kappa shape index (κ2) is 4.73. The van der Waals surface area contributed by atoms with Crippen LogP contribution in [0.15, 0.2) is 53.7 Å². The van der Waals surface area contributed by atoms with Crippen molar-refractivity contribution in [2.75, 3.05) is 0 Å². The van der Waals surface area contributed by atoms with Gasteiger partial charge in [0.15, 0.2) is 5.60 Å². The number of nitrogens with zero attached hydrogens (tertiary/aromatic N) is 1. The molecule has 1 aliphatic heterocycles. The minimum Gasteiger partial charge on any atom is -0.384 e. The maximum Gasteiger partial charge on any atom is 0.168 e. The van der Waals surface area contributed by atoms with Gasteiger partial charge in [0.05, 0.1) is 5.71 Å². The fourth-order valence-electron chi connectivity index (χ4n) is 3.65. The predicted molar refractivity (Wildman–Crippen MR) is 85.3 cm³/mol. The molecule has 2 nitrogen and oxygen atoms in total. The van der Waals surface area contributed by atoms with Crippen molar-refractivity contribution in [1.82, 2.24) is 0 Å². The predicted octanol–water partition coefficient (Wildman–Crippen LogP) is 4.68. The van der Waals surface area contributed by atoms with Crippen molar-refractivity contribution in [3.05, 3.63) is 59.7 Å². The average molecular weight is 277 g/mol. The summed E-state index contributed by atoms with van der Waals surface area (Å²) in [7, 11) is 0. The maximum atomic E-state index is 5.90. The maximum absolute atomic E-state index is 5.90. The molecule has 1 aliphatic carbocycles. The molecule has 106 valence electrons. The first-order chi connectivity index (χ1) is 10.3. The van der Waals surface area contributed by atoms with E-state index in [0.29, 0.717) is 0 Å². The van der Waals surface area contributed by atoms with E-state index in [2.05, 4.69) is 60.6 Å². The van der Waals surface area contributed by atoms with Gasteiger partial charge in [-0.15, -0.1) is 0 Å². The molecule has 0 amide bonds. The Kier molecular flexibility index (Phi) is 2.85. The summed E-state index contributed by atoms with van der Waals surface area (Å²) >= 11 is 0. The van der Waals surface area contributed by atoms with Crippen LogP contribution < -0.4 is 0 Å². The molecule has 2 heteroatoms. The Morgan fingerprint density at radius 1 is 1.05 bits per heavy atom. The van der Waals surface area contributed by atoms with Crippen molar-refractivity contribution in [1.29, 1.82) is 0 Å². The lowest BCUT2D eigenvalue weighted by molar-refractivity contribution is -0.0362. The highest BCUT2D eigenvalue weighted by atomic mass is 16.7. The molecule has 0 aromatic heterocycles. The van der Waals surface area contributed by atoms with Gasteiger partial charge in [0, 0.05) is 12.0 Å². The number of oxime groups is 1. The summed E-state index contributed by atoms with van der Waals surface area (Å²) in [6, 6.07) is 17.4. The van der Waals surface area contributed by atoms with Gasteiger partial charge in [-0.1, -0.05) is 47.6 Å². The number of hydrogen-bond acceptors (Lipinski definition) is 2. The molecule has 0 bridgehead atoms. The third-order valence-corrected chi connectivity index (χ3v) is 4.65. The number of benzene rings is 2. The monoisotopic (exact) mass is 277 g/mol. The molecule has 0 fully saturated rings. The van der Waals surface area contributed by atoms with Crippen LogP contribution in [0.4, 0.5) is 0 Å². The fourth-order valence-corrected chi connectivity index (χ4v) is 3.65. The van der Waals surface area contributed by atoms with Crippen molar-refractivity contribution in [2.45, 2.75) is 38.2 Å². The first-order valence-corrected chi connectivity index (χ1v) is 7.67. The Hall–Kier alpha value is -2.09. The minimum absolute atomic E-state index is 0.206. The molecule has 0 unspecified atom stereocenters. The molecular formula is C19H19NO. The van der Waals surface area contributed by atoms with Gasteiger partial charge in [0.25, 0.3) is 0 Å². The number of fused-ring (bicyclic) bond motifs is 2. The van der Waals surface area contributed by atoms with Gasteiger partial charge in [0.2, 0.25) is 0 Å². The third kappa shape index (κ3) is 2.06. The smallest absolute Gasteiger partial charge is 0.168 e. The van der Waals surface area contributed by atoms with Crippen LogP contribution >= 0.6 is 0 Å². The quantitative estimate of drug-likeness (QED) is 0.741. The molecule has 0 radical (unpaired) electrons. The number of rotatable bonds is 1. The Morgan fingerprint density at radius 3 is 2.67 bits per heavy atom. The lowest BCUT2D eigenvalue weighted by atomic mass is 9.76. The van der Waals surface area contributed by atoms with Gasteiger partial charge in [0.1, 0.15) is 0 Å². The summed E-state index contributed by atoms with van der Waals surface area (Å²) in [4.78, 5) is 5.90. The lowest BCUT2D eigenvalue weighted by Crippen LogP contribution is -2.30. The van der Waals surface area contributed by atoms with Gasteiger partial charge in [-0.2, -0.15) is 0 Å². The zero-order chi connectivity index (χ0) is 14.3. The van der Waals surface area contributed by atoms with Crippen molar-refractivity contribution in [2.24, 2.45) is 5.16 Å². The summed E-state index contributed by atoms with van der Waals surface area (Å²) < 4.78 is 0. The van der Waals surface area contributed by atoms with E-state index in [4.69, 9.17) is 4.84 Å². The summed E-state index contributed by atoms with van der Waals surface area (Å²) in [6.07, 6.45) is 4.33. The first-order valence-electron chi connectivity index (χ1n) is 7.67. The summed E-state index contributed by atoms with van der Waals surface area (Å²) in [5.74, 6) is 0. The van der Waals surface area contributed by atoms with Gasteiger partial charge >= 0.3 is 0 Å². The molecular weight excluding hydrogens is 258 g/mol. The molecule has 2 aromatic rings. The Bertz CT molecular complexity index is 705. The molecule has 4 rings (SSSR count). The van der Waals surface area contributed by atoms with Crippen LogP contribution in [0.1, 0.15) is 37.3 Å². The zero-order valence-electron chi connectivity index (χ0n) is 12.3. The first kappa shape index (κ1) is 12.6. The number of hydrogen-bond donors (Lipinski definition) is 0. The third-order valence-electron chi connectivity index (χ3n) is 4.65. The van der Waals surface area contributed by atoms with Crippen LogP contribution in [-0.4, -0.2) is 5.71 Å². The van der Waals surface area contributed by atoms with E-state index < -0.39 is 0 Å². The molecule has 21 heavy (non-hydrogen) atoms. The highest BCUT2D eigenvalue weighted by Gasteiger charge is 2.43. The normalized spacial score (nSPS) is 23.6. The molecule has 2 aliphatic rings. The molecule has 2 aromatic carbocycles. The van der Waals surface area contributed by atoms with Crippen molar-refractivity contribution < 1.29 is 4.84 Å². The topological polar surface area (TPSA) is 21.6 Å². The molecule has 0 saturated carbocycles. The molecule has 0 N–H and O–H groups in total. The van der Waals surface area contributed by atoms with Crippen molar-refractivity contribution >= 4 is 5.71 Å². The Labute approximate surface area is 125 Å². The molecule has 1 atom stereocenters. The van der Waals surface area contributed by atoms with Crippen LogP contribution in [0, 0.1) is 0 Å². The summed E-state index contributed by atoms with van der Waals surface area (Å²) in [5.41, 5.74) is 6.19. The highest BCUT2D eigenvalue weighted by molar-refractivity contribution is 5.84. The van der Waals surface area contributed by atoms with E-state index in [9.17, 15) is 0 Å². The lowest BCUT2D eigenvalue weighted by Gasteiger charge is -2.33. The Morgan fingerprint density at radius 2 is 1.90 bits per heavy atom. The highest BCUT2D eigenvalue weighted by Crippen LogP contribution is 2.45. The average Bonchev–Trinajstić information content (AvgIpc) is 2.90. The standard InChI is InChI=1S/C19H19NO/c1-14-13-19(21-20-14)11-5-8-16-9-10-17(12-18(16)19)15-6-3-2-4-7-15/h2-4,6-7,9-10,12H,5,8,11,13H2,1H3/t19-/m1/s1. The van der Waals surface area contributed by atoms with E-state index in [1.807, 2.05) is 0 Å². The zero-order valence-corrected chi connectivity index (χ0v) is 12.3. The van der Waals surface area contributed by atoms with Gasteiger partial charge < -0.3 is 4.84 Å². The van der Waals surface area contributed by atoms with Crippen LogP contribution in [0.3, 0.4) is 0 Å². The second-order valence-corrected chi connectivity index (χ2v) is 6.18. The van der Waals surface area contributed by atoms with Crippen molar-refractivity contribution in [3.8, 4) is 11.1 Å². The van der Waals surface area contributed by atoms with E-state index in [1.54, 1.807) is 0 Å². The Balaban J connectivity index is 1.81. The van der Waals surface area contributed by atoms with Crippen LogP contribution in [-0.2, 0) is 16.9 Å². The number of aryl methyl sites for hydroxylation is 1. The van der Waals surface area contributed by atoms with Crippen LogP contribution in [0.5, 0.6) is 0 Å². The minimum atomic E-state index is -0.206. The van der Waals surface area contributed by atoms with E-state index in [1.165, 1.54) is 28.7 Å². The van der Waals surface area contributed by atoms with Gasteiger partial charge in [-0.25, -0.2) is 0 Å². The second-order valence-electron chi connectivity index (χ2n) is 6.18. The van der Waals surface area contributed by atoms with Crippen LogP contribution in [0.2, 0.25) is 0 Å². The molecule has 1 spiro atoms. The summed E-state index contributed by atoms with van der Waals surface area (Å²) in [5, 5.41) is 4.23. The van der Waals surface area contributed by atoms with Crippen LogP contribution in [0.25, 0.3) is 11.1 Å². The largest absolute Gasteiger partial charge is 0.384 e. The van der Waals surface area contributed by atoms with Crippen molar-refractivity contribution in [3.63, 3.8) is 0 Å². The van der Waals surface area contributed by atoms with E-state index in [-0.39, 0.29) is 5.60 Å². The summed E-state index contributed by atoms with van der Waals surface area (Å²) in [6.45, 7) is 2.06. The van der Waals surface area contributed by atoms with E-state index in [0.717, 1.165) is 25.0 Å². The van der Waals surface area contributed by atoms with E-state index >= 15 is 0 Å².